The zero-order valence-corrected chi connectivity index (χ0v) is 17.6. The summed E-state index contributed by atoms with van der Waals surface area (Å²) in [6.45, 7) is 0.414. The van der Waals surface area contributed by atoms with Crippen LogP contribution in [0.5, 0.6) is 0 Å². The highest BCUT2D eigenvalue weighted by Gasteiger charge is 2.22. The fraction of sp³-hybridized carbons (Fsp3) is 0.318. The van der Waals surface area contributed by atoms with Gasteiger partial charge in [-0.1, -0.05) is 30.0 Å². The maximum absolute atomic E-state index is 14.1. The van der Waals surface area contributed by atoms with E-state index in [9.17, 15) is 9.18 Å². The van der Waals surface area contributed by atoms with Gasteiger partial charge in [0, 0.05) is 12.7 Å². The third-order valence-corrected chi connectivity index (χ3v) is 6.09. The van der Waals surface area contributed by atoms with E-state index >= 15 is 0 Å². The topological polar surface area (TPSA) is 64.2 Å². The molecule has 0 atom stereocenters. The van der Waals surface area contributed by atoms with Crippen LogP contribution in [-0.4, -0.2) is 31.3 Å². The number of thioether (sulfide) groups is 1. The maximum atomic E-state index is 14.1. The summed E-state index contributed by atoms with van der Waals surface area (Å²) in [5.41, 5.74) is 1.44. The first-order chi connectivity index (χ1) is 14.6. The smallest absolute Gasteiger partial charge is 0.237 e. The average molecular weight is 427 g/mol. The van der Waals surface area contributed by atoms with Gasteiger partial charge in [-0.05, 0) is 49.9 Å². The molecule has 2 heterocycles. The van der Waals surface area contributed by atoms with E-state index in [0.29, 0.717) is 23.1 Å². The van der Waals surface area contributed by atoms with Crippen LogP contribution in [0.4, 0.5) is 4.39 Å². The van der Waals surface area contributed by atoms with Gasteiger partial charge in [0.25, 0.3) is 0 Å². The van der Waals surface area contributed by atoms with Crippen LogP contribution in [0.25, 0.3) is 11.4 Å². The van der Waals surface area contributed by atoms with Gasteiger partial charge in [-0.3, -0.25) is 4.79 Å². The third-order valence-electron chi connectivity index (χ3n) is 5.08. The SMILES string of the molecule is Cn1c(SCC(=O)N(Cc2ccco2)C2=CCCCC2)nnc1-c1ccccc1F. The van der Waals surface area contributed by atoms with E-state index in [-0.39, 0.29) is 17.5 Å². The van der Waals surface area contributed by atoms with Crippen LogP contribution >= 0.6 is 11.8 Å². The summed E-state index contributed by atoms with van der Waals surface area (Å²) in [5, 5.41) is 8.85. The maximum Gasteiger partial charge on any atom is 0.237 e. The van der Waals surface area contributed by atoms with Crippen LogP contribution in [-0.2, 0) is 18.4 Å². The van der Waals surface area contributed by atoms with E-state index in [1.807, 2.05) is 12.1 Å². The van der Waals surface area contributed by atoms with Crippen molar-refractivity contribution in [1.82, 2.24) is 19.7 Å². The van der Waals surface area contributed by atoms with Crippen molar-refractivity contribution < 1.29 is 13.6 Å². The molecule has 0 radical (unpaired) electrons. The summed E-state index contributed by atoms with van der Waals surface area (Å²) >= 11 is 1.30. The Morgan fingerprint density at radius 3 is 2.83 bits per heavy atom. The summed E-state index contributed by atoms with van der Waals surface area (Å²) < 4.78 is 21.3. The van der Waals surface area contributed by atoms with Crippen LogP contribution in [0, 0.1) is 5.82 Å². The van der Waals surface area contributed by atoms with Crippen LogP contribution < -0.4 is 0 Å². The van der Waals surface area contributed by atoms with Gasteiger partial charge in [0.15, 0.2) is 11.0 Å². The quantitative estimate of drug-likeness (QED) is 0.508. The number of aromatic nitrogens is 3. The molecule has 0 saturated carbocycles. The van der Waals surface area contributed by atoms with Crippen molar-refractivity contribution in [3.8, 4) is 11.4 Å². The molecule has 2 aromatic heterocycles. The van der Waals surface area contributed by atoms with E-state index < -0.39 is 0 Å². The number of rotatable bonds is 7. The molecule has 0 saturated heterocycles. The van der Waals surface area contributed by atoms with Crippen molar-refractivity contribution in [2.75, 3.05) is 5.75 Å². The minimum Gasteiger partial charge on any atom is -0.467 e. The van der Waals surface area contributed by atoms with Gasteiger partial charge in [-0.25, -0.2) is 4.39 Å². The molecule has 0 N–H and O–H groups in total. The highest BCUT2D eigenvalue weighted by atomic mass is 32.2. The largest absolute Gasteiger partial charge is 0.467 e. The number of amides is 1. The number of carbonyl (C=O) groups excluding carboxylic acids is 1. The summed E-state index contributed by atoms with van der Waals surface area (Å²) in [6, 6.07) is 10.2. The molecule has 156 valence electrons. The van der Waals surface area contributed by atoms with Crippen LogP contribution in [0.1, 0.15) is 31.4 Å². The first-order valence-electron chi connectivity index (χ1n) is 9.92. The molecule has 1 aromatic carbocycles. The third kappa shape index (κ3) is 4.48. The predicted molar refractivity (Wildman–Crippen MR) is 113 cm³/mol. The number of hydrogen-bond acceptors (Lipinski definition) is 5. The minimum absolute atomic E-state index is 0.0139. The van der Waals surface area contributed by atoms with Gasteiger partial charge in [-0.2, -0.15) is 0 Å². The Hall–Kier alpha value is -2.87. The molecule has 0 aliphatic heterocycles. The van der Waals surface area contributed by atoms with E-state index in [1.54, 1.807) is 41.0 Å². The highest BCUT2D eigenvalue weighted by molar-refractivity contribution is 7.99. The molecule has 0 spiro atoms. The lowest BCUT2D eigenvalue weighted by Crippen LogP contribution is -2.32. The summed E-state index contributed by atoms with van der Waals surface area (Å²) in [7, 11) is 1.78. The minimum atomic E-state index is -0.352. The van der Waals surface area contributed by atoms with Crippen molar-refractivity contribution in [3.05, 3.63) is 66.0 Å². The zero-order chi connectivity index (χ0) is 20.9. The lowest BCUT2D eigenvalue weighted by atomic mass is 10.0. The first-order valence-corrected chi connectivity index (χ1v) is 10.9. The second-order valence-corrected chi connectivity index (χ2v) is 8.08. The van der Waals surface area contributed by atoms with E-state index in [1.165, 1.54) is 17.8 Å². The molecule has 30 heavy (non-hydrogen) atoms. The van der Waals surface area contributed by atoms with Gasteiger partial charge in [0.1, 0.15) is 11.6 Å². The predicted octanol–water partition coefficient (Wildman–Crippen LogP) is 4.79. The van der Waals surface area contributed by atoms with Crippen molar-refractivity contribution >= 4 is 17.7 Å². The molecular weight excluding hydrogens is 403 g/mol. The molecule has 0 fully saturated rings. The van der Waals surface area contributed by atoms with Gasteiger partial charge in [0.05, 0.1) is 24.1 Å². The van der Waals surface area contributed by atoms with Crippen molar-refractivity contribution in [2.45, 2.75) is 37.4 Å². The number of furan rings is 1. The van der Waals surface area contributed by atoms with E-state index in [0.717, 1.165) is 37.1 Å². The Bertz CT molecular complexity index is 1050. The van der Waals surface area contributed by atoms with Crippen LogP contribution in [0.2, 0.25) is 0 Å². The summed E-state index contributed by atoms with van der Waals surface area (Å²) in [6.07, 6.45) is 7.87. The molecular formula is C22H23FN4O2S. The van der Waals surface area contributed by atoms with Crippen molar-refractivity contribution in [1.29, 1.82) is 0 Å². The fourth-order valence-electron chi connectivity index (χ4n) is 3.50. The number of halogens is 1. The lowest BCUT2D eigenvalue weighted by Gasteiger charge is -2.27. The summed E-state index contributed by atoms with van der Waals surface area (Å²) in [5.74, 6) is 1.03. The number of allylic oxidation sites excluding steroid dienone is 2. The zero-order valence-electron chi connectivity index (χ0n) is 16.8. The standard InChI is InChI=1S/C22H23FN4O2S/c1-26-21(18-11-5-6-12-19(18)23)24-25-22(26)30-15-20(28)27(14-17-10-7-13-29-17)16-8-3-2-4-9-16/h5-8,10-13H,2-4,9,14-15H2,1H3. The van der Waals surface area contributed by atoms with E-state index in [2.05, 4.69) is 16.3 Å². The van der Waals surface area contributed by atoms with Gasteiger partial charge in [-0.15, -0.1) is 10.2 Å². The summed E-state index contributed by atoms with van der Waals surface area (Å²) in [4.78, 5) is 14.9. The number of hydrogen-bond donors (Lipinski definition) is 0. The monoisotopic (exact) mass is 426 g/mol. The number of benzene rings is 1. The van der Waals surface area contributed by atoms with Crippen molar-refractivity contribution in [2.24, 2.45) is 7.05 Å². The second-order valence-electron chi connectivity index (χ2n) is 7.13. The Labute approximate surface area is 178 Å². The molecule has 1 amide bonds. The Balaban J connectivity index is 1.48. The number of carbonyl (C=O) groups is 1. The van der Waals surface area contributed by atoms with Gasteiger partial charge >= 0.3 is 0 Å². The fourth-order valence-corrected chi connectivity index (χ4v) is 4.28. The van der Waals surface area contributed by atoms with Gasteiger partial charge < -0.3 is 13.9 Å². The molecule has 0 bridgehead atoms. The van der Waals surface area contributed by atoms with E-state index in [4.69, 9.17) is 4.42 Å². The molecule has 6 nitrogen and oxygen atoms in total. The average Bonchev–Trinajstić information content (AvgIpc) is 3.41. The number of nitrogens with zero attached hydrogens (tertiary/aromatic N) is 4. The first kappa shape index (κ1) is 20.4. The highest BCUT2D eigenvalue weighted by Crippen LogP contribution is 2.27. The van der Waals surface area contributed by atoms with Gasteiger partial charge in [0.2, 0.25) is 5.91 Å². The molecule has 1 aliphatic carbocycles. The van der Waals surface area contributed by atoms with Crippen LogP contribution in [0.3, 0.4) is 0 Å². The molecule has 1 aliphatic rings. The second kappa shape index (κ2) is 9.30. The Morgan fingerprint density at radius 1 is 1.23 bits per heavy atom. The Kier molecular flexibility index (Phi) is 6.32. The molecule has 4 rings (SSSR count). The molecule has 8 heteroatoms. The van der Waals surface area contributed by atoms with Crippen LogP contribution in [0.15, 0.2) is 64.0 Å². The molecule has 0 unspecified atom stereocenters. The lowest BCUT2D eigenvalue weighted by molar-refractivity contribution is -0.127. The Morgan fingerprint density at radius 2 is 2.10 bits per heavy atom. The normalized spacial score (nSPS) is 13.9. The van der Waals surface area contributed by atoms with Crippen molar-refractivity contribution in [3.63, 3.8) is 0 Å². The molecule has 3 aromatic rings.